The van der Waals surface area contributed by atoms with Crippen molar-refractivity contribution in [2.24, 2.45) is 0 Å². The topological polar surface area (TPSA) is 47.9 Å². The van der Waals surface area contributed by atoms with Crippen LogP contribution in [-0.2, 0) is 0 Å². The van der Waals surface area contributed by atoms with Crippen LogP contribution in [0.1, 0.15) is 13.8 Å². The van der Waals surface area contributed by atoms with Gasteiger partial charge in [-0.2, -0.15) is 0 Å². The van der Waals surface area contributed by atoms with E-state index in [1.165, 1.54) is 0 Å². The number of phenolic OH excluding ortho intramolecular Hbond substituents is 1. The average Bonchev–Trinajstić information content (AvgIpc) is 2.37. The first kappa shape index (κ1) is 13.3. The second kappa shape index (κ2) is 5.26. The molecule has 2 aromatic carbocycles. The maximum atomic E-state index is 9.79. The molecule has 1 N–H and O–H groups in total. The zero-order chi connectivity index (χ0) is 14.0. The third kappa shape index (κ3) is 2.52. The highest BCUT2D eigenvalue weighted by molar-refractivity contribution is 5.99. The van der Waals surface area contributed by atoms with Gasteiger partial charge in [0, 0.05) is 11.5 Å². The Balaban J connectivity index is 2.77. The minimum absolute atomic E-state index is 0.0462. The van der Waals surface area contributed by atoms with Crippen LogP contribution in [0, 0.1) is 0 Å². The summed E-state index contributed by atoms with van der Waals surface area (Å²) < 4.78 is 16.4. The Hall–Kier alpha value is -2.10. The fourth-order valence-corrected chi connectivity index (χ4v) is 2.06. The predicted molar refractivity (Wildman–Crippen MR) is 74.5 cm³/mol. The van der Waals surface area contributed by atoms with Crippen molar-refractivity contribution in [3.05, 3.63) is 24.3 Å². The molecule has 0 aliphatic heterocycles. The van der Waals surface area contributed by atoms with E-state index >= 15 is 0 Å². The van der Waals surface area contributed by atoms with Gasteiger partial charge in [-0.25, -0.2) is 0 Å². The van der Waals surface area contributed by atoms with Crippen molar-refractivity contribution in [2.75, 3.05) is 14.2 Å². The number of ether oxygens (including phenoxy) is 3. The van der Waals surface area contributed by atoms with Gasteiger partial charge in [-0.1, -0.05) is 0 Å². The van der Waals surface area contributed by atoms with E-state index < -0.39 is 0 Å². The molecule has 0 saturated heterocycles. The molecule has 0 aliphatic rings. The molecule has 0 radical (unpaired) electrons. The summed E-state index contributed by atoms with van der Waals surface area (Å²) in [5, 5.41) is 11.3. The van der Waals surface area contributed by atoms with E-state index in [0.29, 0.717) is 17.2 Å². The van der Waals surface area contributed by atoms with E-state index in [2.05, 4.69) is 0 Å². The second-order valence-electron chi connectivity index (χ2n) is 4.50. The van der Waals surface area contributed by atoms with Crippen LogP contribution in [0.4, 0.5) is 0 Å². The molecule has 0 atom stereocenters. The summed E-state index contributed by atoms with van der Waals surface area (Å²) in [6.45, 7) is 3.91. The maximum absolute atomic E-state index is 9.79. The highest BCUT2D eigenvalue weighted by atomic mass is 16.5. The number of aromatic hydroxyl groups is 1. The molecule has 4 nitrogen and oxygen atoms in total. The molecular formula is C15H18O4. The normalized spacial score (nSPS) is 10.8. The Morgan fingerprint density at radius 3 is 2.16 bits per heavy atom. The van der Waals surface area contributed by atoms with Crippen LogP contribution in [-0.4, -0.2) is 25.4 Å². The average molecular weight is 262 g/mol. The Morgan fingerprint density at radius 1 is 0.947 bits per heavy atom. The van der Waals surface area contributed by atoms with E-state index in [9.17, 15) is 5.11 Å². The fourth-order valence-electron chi connectivity index (χ4n) is 2.06. The van der Waals surface area contributed by atoms with Crippen molar-refractivity contribution in [3.63, 3.8) is 0 Å². The van der Waals surface area contributed by atoms with E-state index in [4.69, 9.17) is 14.2 Å². The Bertz CT molecular complexity index is 590. The van der Waals surface area contributed by atoms with Gasteiger partial charge in [-0.05, 0) is 32.0 Å². The number of rotatable bonds is 4. The van der Waals surface area contributed by atoms with Gasteiger partial charge in [0.2, 0.25) is 0 Å². The molecule has 0 fully saturated rings. The molecule has 2 rings (SSSR count). The Labute approximate surface area is 112 Å². The molecule has 0 bridgehead atoms. The lowest BCUT2D eigenvalue weighted by Gasteiger charge is -2.16. The van der Waals surface area contributed by atoms with E-state index in [1.54, 1.807) is 26.4 Å². The van der Waals surface area contributed by atoms with Crippen molar-refractivity contribution in [2.45, 2.75) is 20.0 Å². The van der Waals surface area contributed by atoms with Gasteiger partial charge in [0.15, 0.2) is 0 Å². The third-order valence-corrected chi connectivity index (χ3v) is 2.79. The number of methoxy groups -OCH3 is 2. The highest BCUT2D eigenvalue weighted by Crippen LogP contribution is 2.41. The number of phenols is 1. The summed E-state index contributed by atoms with van der Waals surface area (Å²) in [6.07, 6.45) is 0.0462. The molecule has 0 unspecified atom stereocenters. The van der Waals surface area contributed by atoms with Crippen LogP contribution in [0.3, 0.4) is 0 Å². The van der Waals surface area contributed by atoms with Gasteiger partial charge in [0.1, 0.15) is 23.0 Å². The molecule has 0 aliphatic carbocycles. The van der Waals surface area contributed by atoms with Gasteiger partial charge in [0.25, 0.3) is 0 Å². The van der Waals surface area contributed by atoms with Crippen LogP contribution in [0.25, 0.3) is 10.8 Å². The number of hydrogen-bond acceptors (Lipinski definition) is 4. The van der Waals surface area contributed by atoms with Crippen molar-refractivity contribution >= 4 is 10.8 Å². The molecule has 19 heavy (non-hydrogen) atoms. The summed E-state index contributed by atoms with van der Waals surface area (Å²) in [6, 6.07) is 6.88. The predicted octanol–water partition coefficient (Wildman–Crippen LogP) is 3.35. The van der Waals surface area contributed by atoms with Crippen molar-refractivity contribution < 1.29 is 19.3 Å². The first-order chi connectivity index (χ1) is 9.06. The quantitative estimate of drug-likeness (QED) is 0.918. The largest absolute Gasteiger partial charge is 0.508 e. The first-order valence-corrected chi connectivity index (χ1v) is 6.11. The molecule has 0 aromatic heterocycles. The number of benzene rings is 2. The number of hydrogen-bond donors (Lipinski definition) is 1. The van der Waals surface area contributed by atoms with Crippen LogP contribution < -0.4 is 14.2 Å². The van der Waals surface area contributed by atoms with Crippen LogP contribution in [0.5, 0.6) is 23.0 Å². The van der Waals surface area contributed by atoms with Gasteiger partial charge in [0.05, 0.1) is 25.7 Å². The van der Waals surface area contributed by atoms with Crippen LogP contribution >= 0.6 is 0 Å². The van der Waals surface area contributed by atoms with Crippen molar-refractivity contribution in [1.82, 2.24) is 0 Å². The third-order valence-electron chi connectivity index (χ3n) is 2.79. The molecular weight excluding hydrogens is 244 g/mol. The Kier molecular flexibility index (Phi) is 3.69. The molecule has 0 saturated carbocycles. The van der Waals surface area contributed by atoms with E-state index in [1.807, 2.05) is 26.0 Å². The number of fused-ring (bicyclic) bond motifs is 1. The summed E-state index contributed by atoms with van der Waals surface area (Å²) >= 11 is 0. The van der Waals surface area contributed by atoms with E-state index in [-0.39, 0.29) is 11.9 Å². The standard InChI is InChI=1S/C15H18O4/c1-9(2)19-12-5-6-13(17-3)15-11(12)7-10(16)8-14(15)18-4/h5-9,16H,1-4H3. The lowest BCUT2D eigenvalue weighted by molar-refractivity contribution is 0.245. The van der Waals surface area contributed by atoms with Gasteiger partial charge in [-0.15, -0.1) is 0 Å². The minimum Gasteiger partial charge on any atom is -0.508 e. The summed E-state index contributed by atoms with van der Waals surface area (Å²) in [5.41, 5.74) is 0. The molecule has 102 valence electrons. The summed E-state index contributed by atoms with van der Waals surface area (Å²) in [5.74, 6) is 2.07. The fraction of sp³-hybridized carbons (Fsp3) is 0.333. The lowest BCUT2D eigenvalue weighted by atomic mass is 10.1. The zero-order valence-corrected chi connectivity index (χ0v) is 11.6. The van der Waals surface area contributed by atoms with Crippen LogP contribution in [0.15, 0.2) is 24.3 Å². The maximum Gasteiger partial charge on any atom is 0.134 e. The zero-order valence-electron chi connectivity index (χ0n) is 11.6. The lowest BCUT2D eigenvalue weighted by Crippen LogP contribution is -2.06. The van der Waals surface area contributed by atoms with Gasteiger partial charge in [-0.3, -0.25) is 0 Å². The van der Waals surface area contributed by atoms with Gasteiger partial charge >= 0.3 is 0 Å². The molecule has 0 heterocycles. The Morgan fingerprint density at radius 2 is 1.58 bits per heavy atom. The SMILES string of the molecule is COc1ccc(OC(C)C)c2cc(O)cc(OC)c12. The molecule has 4 heteroatoms. The summed E-state index contributed by atoms with van der Waals surface area (Å²) in [4.78, 5) is 0. The smallest absolute Gasteiger partial charge is 0.134 e. The monoisotopic (exact) mass is 262 g/mol. The highest BCUT2D eigenvalue weighted by Gasteiger charge is 2.14. The van der Waals surface area contributed by atoms with Crippen molar-refractivity contribution in [1.29, 1.82) is 0 Å². The molecule has 2 aromatic rings. The molecule has 0 amide bonds. The van der Waals surface area contributed by atoms with E-state index in [0.717, 1.165) is 10.8 Å². The second-order valence-corrected chi connectivity index (χ2v) is 4.50. The summed E-state index contributed by atoms with van der Waals surface area (Å²) in [7, 11) is 3.16. The molecule has 0 spiro atoms. The van der Waals surface area contributed by atoms with Crippen molar-refractivity contribution in [3.8, 4) is 23.0 Å². The minimum atomic E-state index is 0.0462. The van der Waals surface area contributed by atoms with Gasteiger partial charge < -0.3 is 19.3 Å². The first-order valence-electron chi connectivity index (χ1n) is 6.11. The van der Waals surface area contributed by atoms with Crippen LogP contribution in [0.2, 0.25) is 0 Å².